The van der Waals surface area contributed by atoms with E-state index in [1.807, 2.05) is 26.0 Å². The van der Waals surface area contributed by atoms with Crippen molar-refractivity contribution in [1.82, 2.24) is 0 Å². The highest BCUT2D eigenvalue weighted by Crippen LogP contribution is 2.24. The lowest BCUT2D eigenvalue weighted by Crippen LogP contribution is -2.04. The molecule has 3 heteroatoms. The Kier molecular flexibility index (Phi) is 4.43. The minimum Gasteiger partial charge on any atom is -0.294 e. The van der Waals surface area contributed by atoms with E-state index in [9.17, 15) is 4.79 Å². The van der Waals surface area contributed by atoms with Crippen LogP contribution in [0.2, 0.25) is 5.02 Å². The van der Waals surface area contributed by atoms with Crippen LogP contribution in [-0.4, -0.2) is 5.78 Å². The Labute approximate surface area is 126 Å². The van der Waals surface area contributed by atoms with Crippen LogP contribution in [0.3, 0.4) is 0 Å². The lowest BCUT2D eigenvalue weighted by atomic mass is 10.00. The largest absolute Gasteiger partial charge is 0.294 e. The summed E-state index contributed by atoms with van der Waals surface area (Å²) in [5.74, 6) is 0.0828. The van der Waals surface area contributed by atoms with E-state index < -0.39 is 0 Å². The van der Waals surface area contributed by atoms with E-state index >= 15 is 0 Å². The van der Waals surface area contributed by atoms with Crippen molar-refractivity contribution in [3.63, 3.8) is 0 Å². The van der Waals surface area contributed by atoms with Crippen LogP contribution < -0.4 is 0 Å². The van der Waals surface area contributed by atoms with Crippen LogP contribution in [0.25, 0.3) is 0 Å². The molecule has 0 aromatic heterocycles. The molecule has 0 saturated carbocycles. The molecule has 0 aliphatic rings. The summed E-state index contributed by atoms with van der Waals surface area (Å²) < 4.78 is 0.803. The van der Waals surface area contributed by atoms with E-state index in [1.165, 1.54) is 11.1 Å². The topological polar surface area (TPSA) is 17.1 Å². The highest BCUT2D eigenvalue weighted by molar-refractivity contribution is 9.10. The van der Waals surface area contributed by atoms with Crippen LogP contribution in [0, 0.1) is 13.8 Å². The zero-order valence-corrected chi connectivity index (χ0v) is 13.2. The number of hydrogen-bond donors (Lipinski definition) is 0. The monoisotopic (exact) mass is 336 g/mol. The molecule has 0 saturated heterocycles. The van der Waals surface area contributed by atoms with Crippen LogP contribution in [0.15, 0.2) is 40.9 Å². The third kappa shape index (κ3) is 3.68. The van der Waals surface area contributed by atoms with Gasteiger partial charge in [0.25, 0.3) is 0 Å². The second kappa shape index (κ2) is 5.89. The fraction of sp³-hybridized carbons (Fsp3) is 0.188. The molecule has 0 fully saturated rings. The van der Waals surface area contributed by atoms with Crippen LogP contribution in [0.5, 0.6) is 0 Å². The molecule has 0 aliphatic heterocycles. The molecule has 0 unspecified atom stereocenters. The van der Waals surface area contributed by atoms with Crippen LogP contribution in [-0.2, 0) is 6.42 Å². The average Bonchev–Trinajstić information content (AvgIpc) is 2.31. The summed E-state index contributed by atoms with van der Waals surface area (Å²) in [5.41, 5.74) is 4.04. The predicted molar refractivity (Wildman–Crippen MR) is 83.1 cm³/mol. The summed E-state index contributed by atoms with van der Waals surface area (Å²) in [4.78, 5) is 12.2. The second-order valence-electron chi connectivity index (χ2n) is 4.72. The molecule has 0 N–H and O–H groups in total. The molecule has 98 valence electrons. The van der Waals surface area contributed by atoms with Crippen molar-refractivity contribution >= 4 is 33.3 Å². The normalized spacial score (nSPS) is 10.5. The number of carbonyl (C=O) groups excluding carboxylic acids is 1. The number of carbonyl (C=O) groups is 1. The number of hydrogen-bond acceptors (Lipinski definition) is 1. The lowest BCUT2D eigenvalue weighted by Gasteiger charge is -2.06. The molecule has 0 amide bonds. The van der Waals surface area contributed by atoms with Gasteiger partial charge in [0.15, 0.2) is 5.78 Å². The summed E-state index contributed by atoms with van der Waals surface area (Å²) >= 11 is 9.33. The number of rotatable bonds is 3. The van der Waals surface area contributed by atoms with E-state index in [4.69, 9.17) is 11.6 Å². The van der Waals surface area contributed by atoms with Gasteiger partial charge in [-0.25, -0.2) is 0 Å². The molecular formula is C16H14BrClO. The third-order valence-electron chi connectivity index (χ3n) is 2.89. The van der Waals surface area contributed by atoms with Gasteiger partial charge in [0.1, 0.15) is 0 Å². The molecule has 2 rings (SSSR count). The molecular weight excluding hydrogens is 324 g/mol. The van der Waals surface area contributed by atoms with Crippen molar-refractivity contribution in [2.24, 2.45) is 0 Å². The molecule has 0 heterocycles. The van der Waals surface area contributed by atoms with Gasteiger partial charge in [-0.05, 0) is 47.5 Å². The van der Waals surface area contributed by atoms with E-state index in [0.717, 1.165) is 10.0 Å². The number of halogens is 2. The summed E-state index contributed by atoms with van der Waals surface area (Å²) in [7, 11) is 0. The number of aryl methyl sites for hydroxylation is 2. The van der Waals surface area contributed by atoms with Gasteiger partial charge >= 0.3 is 0 Å². The SMILES string of the molecule is Cc1cc(C)cc(CC(=O)c2ccc(Br)c(Cl)c2)c1. The quantitative estimate of drug-likeness (QED) is 0.708. The van der Waals surface area contributed by atoms with Crippen LogP contribution >= 0.6 is 27.5 Å². The maximum Gasteiger partial charge on any atom is 0.167 e. The molecule has 0 bridgehead atoms. The van der Waals surface area contributed by atoms with Gasteiger partial charge < -0.3 is 0 Å². The van der Waals surface area contributed by atoms with Crippen molar-refractivity contribution in [2.45, 2.75) is 20.3 Å². The fourth-order valence-electron chi connectivity index (χ4n) is 2.13. The second-order valence-corrected chi connectivity index (χ2v) is 5.99. The first kappa shape index (κ1) is 14.3. The minimum absolute atomic E-state index is 0.0828. The fourth-order valence-corrected chi connectivity index (χ4v) is 2.56. The molecule has 0 aliphatic carbocycles. The van der Waals surface area contributed by atoms with E-state index in [-0.39, 0.29) is 5.78 Å². The zero-order chi connectivity index (χ0) is 14.0. The molecule has 1 nitrogen and oxygen atoms in total. The van der Waals surface area contributed by atoms with Gasteiger partial charge in [0.2, 0.25) is 0 Å². The first-order chi connectivity index (χ1) is 8.95. The third-order valence-corrected chi connectivity index (χ3v) is 4.12. The van der Waals surface area contributed by atoms with E-state index in [0.29, 0.717) is 17.0 Å². The van der Waals surface area contributed by atoms with Crippen molar-refractivity contribution in [1.29, 1.82) is 0 Å². The maximum atomic E-state index is 12.2. The molecule has 2 aromatic carbocycles. The molecule has 0 spiro atoms. The Morgan fingerprint density at radius 3 is 2.32 bits per heavy atom. The van der Waals surface area contributed by atoms with Crippen molar-refractivity contribution < 1.29 is 4.79 Å². The molecule has 0 radical (unpaired) electrons. The van der Waals surface area contributed by atoms with Crippen LogP contribution in [0.1, 0.15) is 27.0 Å². The standard InChI is InChI=1S/C16H14BrClO/c1-10-5-11(2)7-12(6-10)8-16(19)13-3-4-14(17)15(18)9-13/h3-7,9H,8H2,1-2H3. The van der Waals surface area contributed by atoms with Gasteiger partial charge in [0.05, 0.1) is 5.02 Å². The Bertz CT molecular complexity index is 614. The average molecular weight is 338 g/mol. The minimum atomic E-state index is 0.0828. The lowest BCUT2D eigenvalue weighted by molar-refractivity contribution is 0.0993. The molecule has 19 heavy (non-hydrogen) atoms. The van der Waals surface area contributed by atoms with E-state index in [1.54, 1.807) is 18.2 Å². The Morgan fingerprint density at radius 2 is 1.74 bits per heavy atom. The summed E-state index contributed by atoms with van der Waals surface area (Å²) in [6.07, 6.45) is 0.403. The maximum absolute atomic E-state index is 12.2. The molecule has 0 atom stereocenters. The summed E-state index contributed by atoms with van der Waals surface area (Å²) in [6.45, 7) is 4.08. The Hall–Kier alpha value is -1.12. The zero-order valence-electron chi connectivity index (χ0n) is 10.8. The van der Waals surface area contributed by atoms with Gasteiger partial charge in [-0.3, -0.25) is 4.79 Å². The van der Waals surface area contributed by atoms with E-state index in [2.05, 4.69) is 22.0 Å². The summed E-state index contributed by atoms with van der Waals surface area (Å²) in [6, 6.07) is 11.5. The van der Waals surface area contributed by atoms with Gasteiger partial charge in [-0.1, -0.05) is 47.0 Å². The first-order valence-corrected chi connectivity index (χ1v) is 7.18. The smallest absolute Gasteiger partial charge is 0.167 e. The Balaban J connectivity index is 2.22. The number of Topliss-reactive ketones (excluding diaryl/α,β-unsaturated/α-hetero) is 1. The Morgan fingerprint density at radius 1 is 1.11 bits per heavy atom. The van der Waals surface area contributed by atoms with Crippen molar-refractivity contribution in [3.05, 3.63) is 68.1 Å². The highest BCUT2D eigenvalue weighted by atomic mass is 79.9. The van der Waals surface area contributed by atoms with Crippen molar-refractivity contribution in [2.75, 3.05) is 0 Å². The van der Waals surface area contributed by atoms with Gasteiger partial charge in [-0.15, -0.1) is 0 Å². The van der Waals surface area contributed by atoms with Crippen LogP contribution in [0.4, 0.5) is 0 Å². The van der Waals surface area contributed by atoms with Gasteiger partial charge in [0, 0.05) is 16.5 Å². The highest BCUT2D eigenvalue weighted by Gasteiger charge is 2.09. The number of benzene rings is 2. The van der Waals surface area contributed by atoms with Crippen molar-refractivity contribution in [3.8, 4) is 0 Å². The molecule has 2 aromatic rings. The number of ketones is 1. The first-order valence-electron chi connectivity index (χ1n) is 6.01. The summed E-state index contributed by atoms with van der Waals surface area (Å²) in [5, 5.41) is 0.561. The predicted octanol–water partition coefficient (Wildman–Crippen LogP) is 5.14. The van der Waals surface area contributed by atoms with Gasteiger partial charge in [-0.2, -0.15) is 0 Å².